The maximum absolute atomic E-state index is 12.3. The number of hydrogen-bond acceptors (Lipinski definition) is 3. The average Bonchev–Trinajstić information content (AvgIpc) is 2.55. The van der Waals surface area contributed by atoms with E-state index in [2.05, 4.69) is 11.4 Å². The van der Waals surface area contributed by atoms with Crippen LogP contribution in [0.25, 0.3) is 0 Å². The Balaban J connectivity index is 1.72. The van der Waals surface area contributed by atoms with E-state index in [0.717, 1.165) is 6.42 Å². The summed E-state index contributed by atoms with van der Waals surface area (Å²) in [4.78, 5) is 25.8. The molecule has 2 amide bonds. The number of rotatable bonds is 7. The van der Waals surface area contributed by atoms with Gasteiger partial charge in [-0.15, -0.1) is 0 Å². The number of carbonyl (C=O) groups excluding carboxylic acids is 2. The third kappa shape index (κ3) is 5.13. The molecule has 1 saturated heterocycles. The highest BCUT2D eigenvalue weighted by Gasteiger charge is 2.29. The maximum Gasteiger partial charge on any atom is 0.224 e. The van der Waals surface area contributed by atoms with Crippen LogP contribution in [-0.4, -0.2) is 50.1 Å². The quantitative estimate of drug-likeness (QED) is 0.731. The molecule has 0 unspecified atom stereocenters. The molecule has 0 aromatic carbocycles. The van der Waals surface area contributed by atoms with Gasteiger partial charge in [0.2, 0.25) is 11.8 Å². The van der Waals surface area contributed by atoms with Crippen LogP contribution in [0.2, 0.25) is 0 Å². The number of allylic oxidation sites excluding steroid dienone is 1. The highest BCUT2D eigenvalue weighted by atomic mass is 16.5. The third-order valence-corrected chi connectivity index (χ3v) is 4.57. The second kappa shape index (κ2) is 8.93. The molecule has 0 bridgehead atoms. The molecule has 2 aliphatic rings. The predicted octanol–water partition coefficient (Wildman–Crippen LogP) is 1.88. The van der Waals surface area contributed by atoms with E-state index in [0.29, 0.717) is 39.1 Å². The SMILES string of the molecule is COCCN1C[C@@H](C(=O)NCCC2=CCCCC2)CCC1=O. The van der Waals surface area contributed by atoms with Crippen molar-refractivity contribution in [1.29, 1.82) is 0 Å². The summed E-state index contributed by atoms with van der Waals surface area (Å²) in [5.41, 5.74) is 1.48. The number of amides is 2. The molecule has 0 spiro atoms. The minimum absolute atomic E-state index is 0.0742. The Kier molecular flexibility index (Phi) is 6.90. The normalized spacial score (nSPS) is 22.4. The summed E-state index contributed by atoms with van der Waals surface area (Å²) < 4.78 is 5.02. The van der Waals surface area contributed by atoms with E-state index >= 15 is 0 Å². The standard InChI is InChI=1S/C17H28N2O3/c1-22-12-11-19-13-15(7-8-16(19)20)17(21)18-10-9-14-5-3-2-4-6-14/h5,15H,2-4,6-13H2,1H3,(H,18,21)/t15-/m0/s1. The van der Waals surface area contributed by atoms with Crippen LogP contribution in [0, 0.1) is 5.92 Å². The van der Waals surface area contributed by atoms with E-state index < -0.39 is 0 Å². The van der Waals surface area contributed by atoms with Crippen molar-refractivity contribution >= 4 is 11.8 Å². The van der Waals surface area contributed by atoms with Gasteiger partial charge in [0.05, 0.1) is 12.5 Å². The Hall–Kier alpha value is -1.36. The van der Waals surface area contributed by atoms with E-state index in [4.69, 9.17) is 4.74 Å². The Morgan fingerprint density at radius 2 is 2.27 bits per heavy atom. The van der Waals surface area contributed by atoms with Gasteiger partial charge in [-0.05, 0) is 38.5 Å². The van der Waals surface area contributed by atoms with Gasteiger partial charge < -0.3 is 15.0 Å². The summed E-state index contributed by atoms with van der Waals surface area (Å²) in [6, 6.07) is 0. The number of ether oxygens (including phenoxy) is 1. The third-order valence-electron chi connectivity index (χ3n) is 4.57. The number of nitrogens with one attached hydrogen (secondary N) is 1. The highest BCUT2D eigenvalue weighted by Crippen LogP contribution is 2.20. The molecule has 1 fully saturated rings. The number of methoxy groups -OCH3 is 1. The van der Waals surface area contributed by atoms with Gasteiger partial charge in [-0.25, -0.2) is 0 Å². The van der Waals surface area contributed by atoms with Crippen LogP contribution in [-0.2, 0) is 14.3 Å². The lowest BCUT2D eigenvalue weighted by molar-refractivity contribution is -0.138. The smallest absolute Gasteiger partial charge is 0.224 e. The number of carbonyl (C=O) groups is 2. The highest BCUT2D eigenvalue weighted by molar-refractivity contribution is 5.83. The van der Waals surface area contributed by atoms with Crippen LogP contribution >= 0.6 is 0 Å². The number of hydrogen-bond donors (Lipinski definition) is 1. The zero-order chi connectivity index (χ0) is 15.8. The number of nitrogens with zero attached hydrogens (tertiary/aromatic N) is 1. The summed E-state index contributed by atoms with van der Waals surface area (Å²) in [7, 11) is 1.62. The Morgan fingerprint density at radius 1 is 1.41 bits per heavy atom. The van der Waals surface area contributed by atoms with Gasteiger partial charge >= 0.3 is 0 Å². The summed E-state index contributed by atoms with van der Waals surface area (Å²) in [6.45, 7) is 2.34. The van der Waals surface area contributed by atoms with Gasteiger partial charge in [-0.1, -0.05) is 11.6 Å². The van der Waals surface area contributed by atoms with Crippen molar-refractivity contribution < 1.29 is 14.3 Å². The fraction of sp³-hybridized carbons (Fsp3) is 0.765. The van der Waals surface area contributed by atoms with Crippen LogP contribution in [0.5, 0.6) is 0 Å². The van der Waals surface area contributed by atoms with E-state index in [1.54, 1.807) is 12.0 Å². The number of piperidine rings is 1. The lowest BCUT2D eigenvalue weighted by Crippen LogP contribution is -2.46. The fourth-order valence-corrected chi connectivity index (χ4v) is 3.17. The molecule has 1 heterocycles. The molecule has 5 nitrogen and oxygen atoms in total. The minimum Gasteiger partial charge on any atom is -0.383 e. The predicted molar refractivity (Wildman–Crippen MR) is 85.4 cm³/mol. The first-order valence-corrected chi connectivity index (χ1v) is 8.43. The van der Waals surface area contributed by atoms with Gasteiger partial charge in [0.1, 0.15) is 0 Å². The van der Waals surface area contributed by atoms with Gasteiger partial charge in [0.15, 0.2) is 0 Å². The molecule has 1 aliphatic heterocycles. The molecular weight excluding hydrogens is 280 g/mol. The largest absolute Gasteiger partial charge is 0.383 e. The molecule has 0 saturated carbocycles. The van der Waals surface area contributed by atoms with Crippen molar-refractivity contribution in [2.45, 2.75) is 44.9 Å². The van der Waals surface area contributed by atoms with Crippen molar-refractivity contribution in [1.82, 2.24) is 10.2 Å². The second-order valence-corrected chi connectivity index (χ2v) is 6.22. The summed E-state index contributed by atoms with van der Waals surface area (Å²) in [6.07, 6.45) is 9.35. The molecule has 0 radical (unpaired) electrons. The monoisotopic (exact) mass is 308 g/mol. The Bertz CT molecular complexity index is 420. The van der Waals surface area contributed by atoms with Gasteiger partial charge in [0.25, 0.3) is 0 Å². The first kappa shape index (κ1) is 17.0. The van der Waals surface area contributed by atoms with E-state index in [1.165, 1.54) is 31.3 Å². The zero-order valence-electron chi connectivity index (χ0n) is 13.6. The van der Waals surface area contributed by atoms with Crippen LogP contribution in [0.15, 0.2) is 11.6 Å². The average molecular weight is 308 g/mol. The zero-order valence-corrected chi connectivity index (χ0v) is 13.6. The molecule has 22 heavy (non-hydrogen) atoms. The van der Waals surface area contributed by atoms with Crippen molar-refractivity contribution in [3.05, 3.63) is 11.6 Å². The van der Waals surface area contributed by atoms with E-state index in [9.17, 15) is 9.59 Å². The lowest BCUT2D eigenvalue weighted by atomic mass is 9.95. The Morgan fingerprint density at radius 3 is 3.00 bits per heavy atom. The Labute approximate surface area is 133 Å². The fourth-order valence-electron chi connectivity index (χ4n) is 3.17. The maximum atomic E-state index is 12.3. The van der Waals surface area contributed by atoms with Gasteiger partial charge in [-0.2, -0.15) is 0 Å². The van der Waals surface area contributed by atoms with Crippen molar-refractivity contribution in [2.75, 3.05) is 33.4 Å². The van der Waals surface area contributed by atoms with E-state index in [1.807, 2.05) is 0 Å². The molecule has 1 aliphatic carbocycles. The molecular formula is C17H28N2O3. The molecule has 2 rings (SSSR count). The topological polar surface area (TPSA) is 58.6 Å². The second-order valence-electron chi connectivity index (χ2n) is 6.22. The molecule has 0 aromatic heterocycles. The summed E-state index contributed by atoms with van der Waals surface area (Å²) in [5, 5.41) is 3.04. The molecule has 5 heteroatoms. The van der Waals surface area contributed by atoms with Gasteiger partial charge in [-0.3, -0.25) is 9.59 Å². The first-order valence-electron chi connectivity index (χ1n) is 8.43. The van der Waals surface area contributed by atoms with Crippen molar-refractivity contribution in [3.63, 3.8) is 0 Å². The molecule has 1 N–H and O–H groups in total. The summed E-state index contributed by atoms with van der Waals surface area (Å²) in [5.74, 6) is 0.148. The first-order chi connectivity index (χ1) is 10.7. The van der Waals surface area contributed by atoms with Gasteiger partial charge in [0, 0.05) is 33.2 Å². The van der Waals surface area contributed by atoms with E-state index in [-0.39, 0.29) is 17.7 Å². The number of likely N-dealkylation sites (tertiary alicyclic amines) is 1. The minimum atomic E-state index is -0.0742. The van der Waals surface area contributed by atoms with Crippen LogP contribution < -0.4 is 5.32 Å². The van der Waals surface area contributed by atoms with Crippen LogP contribution in [0.4, 0.5) is 0 Å². The van der Waals surface area contributed by atoms with Crippen molar-refractivity contribution in [2.24, 2.45) is 5.92 Å². The summed E-state index contributed by atoms with van der Waals surface area (Å²) >= 11 is 0. The molecule has 1 atom stereocenters. The van der Waals surface area contributed by atoms with Crippen LogP contribution in [0.3, 0.4) is 0 Å². The molecule has 124 valence electrons. The van der Waals surface area contributed by atoms with Crippen molar-refractivity contribution in [3.8, 4) is 0 Å². The lowest BCUT2D eigenvalue weighted by Gasteiger charge is -2.31. The molecule has 0 aromatic rings. The van der Waals surface area contributed by atoms with Crippen LogP contribution in [0.1, 0.15) is 44.9 Å².